The topological polar surface area (TPSA) is 55.8 Å². The van der Waals surface area contributed by atoms with Crippen molar-refractivity contribution in [3.8, 4) is 0 Å². The van der Waals surface area contributed by atoms with Gasteiger partial charge in [0.05, 0.1) is 19.4 Å². The average molecular weight is 230 g/mol. The van der Waals surface area contributed by atoms with Crippen LogP contribution in [0.1, 0.15) is 5.56 Å². The predicted molar refractivity (Wildman–Crippen MR) is 57.8 cm³/mol. The van der Waals surface area contributed by atoms with Crippen LogP contribution in [0.5, 0.6) is 0 Å². The van der Waals surface area contributed by atoms with Gasteiger partial charge in [-0.15, -0.1) is 0 Å². The van der Waals surface area contributed by atoms with Gasteiger partial charge in [0.25, 0.3) is 0 Å². The van der Waals surface area contributed by atoms with Crippen LogP contribution in [-0.2, 0) is 20.0 Å². The molecule has 1 atom stereocenters. The van der Waals surface area contributed by atoms with E-state index < -0.39 is 7.60 Å². The molecule has 0 aliphatic carbocycles. The fourth-order valence-corrected chi connectivity index (χ4v) is 2.25. The fraction of sp³-hybridized carbons (Fsp3) is 0.400. The zero-order valence-electron chi connectivity index (χ0n) is 8.63. The number of rotatable bonds is 6. The molecule has 0 spiro atoms. The summed E-state index contributed by atoms with van der Waals surface area (Å²) in [4.78, 5) is 9.47. The summed E-state index contributed by atoms with van der Waals surface area (Å²) < 4.78 is 21.1. The molecule has 0 aromatic heterocycles. The molecule has 1 N–H and O–H groups in total. The van der Waals surface area contributed by atoms with Crippen molar-refractivity contribution in [1.82, 2.24) is 0 Å². The Labute approximate surface area is 89.4 Å². The second kappa shape index (κ2) is 6.03. The molecular formula is C10H15O4P. The molecular weight excluding hydrogens is 215 g/mol. The molecule has 0 aliphatic rings. The number of ether oxygens (including phenoxy) is 1. The van der Waals surface area contributed by atoms with Gasteiger partial charge in [0, 0.05) is 7.11 Å². The highest BCUT2D eigenvalue weighted by atomic mass is 31.2. The van der Waals surface area contributed by atoms with E-state index in [0.29, 0.717) is 6.61 Å². The predicted octanol–water partition coefficient (Wildman–Crippen LogP) is 2.04. The molecule has 1 unspecified atom stereocenters. The Morgan fingerprint density at radius 3 is 2.53 bits per heavy atom. The molecule has 15 heavy (non-hydrogen) atoms. The van der Waals surface area contributed by atoms with Crippen molar-refractivity contribution in [3.05, 3.63) is 35.9 Å². The zero-order chi connectivity index (χ0) is 11.1. The normalized spacial score (nSPS) is 14.8. The van der Waals surface area contributed by atoms with Crippen molar-refractivity contribution in [2.75, 3.05) is 20.3 Å². The van der Waals surface area contributed by atoms with Crippen molar-refractivity contribution in [3.63, 3.8) is 0 Å². The maximum absolute atomic E-state index is 11.5. The number of hydrogen-bond donors (Lipinski definition) is 1. The van der Waals surface area contributed by atoms with E-state index in [1.165, 1.54) is 7.11 Å². The summed E-state index contributed by atoms with van der Waals surface area (Å²) in [6.07, 6.45) is 0.0392. The average Bonchev–Trinajstić information content (AvgIpc) is 2.18. The van der Waals surface area contributed by atoms with Gasteiger partial charge in [0.2, 0.25) is 0 Å². The minimum absolute atomic E-state index is 0.0392. The first-order chi connectivity index (χ1) is 7.14. The van der Waals surface area contributed by atoms with E-state index >= 15 is 0 Å². The lowest BCUT2D eigenvalue weighted by Crippen LogP contribution is -2.01. The molecule has 0 fully saturated rings. The van der Waals surface area contributed by atoms with Crippen LogP contribution < -0.4 is 0 Å². The molecule has 0 aliphatic heterocycles. The van der Waals surface area contributed by atoms with E-state index in [4.69, 9.17) is 9.26 Å². The Morgan fingerprint density at radius 2 is 1.93 bits per heavy atom. The molecule has 0 saturated heterocycles. The van der Waals surface area contributed by atoms with Crippen LogP contribution in [0.15, 0.2) is 30.3 Å². The van der Waals surface area contributed by atoms with Crippen LogP contribution in [0.3, 0.4) is 0 Å². The smallest absolute Gasteiger partial charge is 0.332 e. The standard InChI is InChI=1S/C10H15O4P/c1-13-7-8-14-15(11,12)9-10-5-3-2-4-6-10/h2-6H,7-9H2,1H3,(H,11,12). The van der Waals surface area contributed by atoms with E-state index in [-0.39, 0.29) is 12.8 Å². The first-order valence-corrected chi connectivity index (χ1v) is 6.39. The first kappa shape index (κ1) is 12.4. The van der Waals surface area contributed by atoms with Gasteiger partial charge in [-0.25, -0.2) is 0 Å². The summed E-state index contributed by atoms with van der Waals surface area (Å²) in [7, 11) is -2.01. The second-order valence-corrected chi connectivity index (χ2v) is 4.96. The quantitative estimate of drug-likeness (QED) is 0.600. The highest BCUT2D eigenvalue weighted by Gasteiger charge is 2.19. The Balaban J connectivity index is 2.46. The monoisotopic (exact) mass is 230 g/mol. The Morgan fingerprint density at radius 1 is 1.27 bits per heavy atom. The third-order valence-corrected chi connectivity index (χ3v) is 3.16. The van der Waals surface area contributed by atoms with Gasteiger partial charge in [-0.2, -0.15) is 0 Å². The molecule has 1 aromatic carbocycles. The van der Waals surface area contributed by atoms with Gasteiger partial charge in [0.15, 0.2) is 0 Å². The summed E-state index contributed by atoms with van der Waals surface area (Å²) >= 11 is 0. The minimum atomic E-state index is -3.52. The van der Waals surface area contributed by atoms with E-state index in [2.05, 4.69) is 0 Å². The summed E-state index contributed by atoms with van der Waals surface area (Å²) in [5.74, 6) is 0. The van der Waals surface area contributed by atoms with Gasteiger partial charge < -0.3 is 14.2 Å². The van der Waals surface area contributed by atoms with Gasteiger partial charge in [-0.1, -0.05) is 30.3 Å². The van der Waals surface area contributed by atoms with Gasteiger partial charge in [-0.05, 0) is 5.56 Å². The van der Waals surface area contributed by atoms with E-state index in [1.54, 1.807) is 12.1 Å². The van der Waals surface area contributed by atoms with Crippen molar-refractivity contribution in [2.45, 2.75) is 6.16 Å². The van der Waals surface area contributed by atoms with Gasteiger partial charge in [-0.3, -0.25) is 4.57 Å². The van der Waals surface area contributed by atoms with Gasteiger partial charge >= 0.3 is 7.60 Å². The second-order valence-electron chi connectivity index (χ2n) is 3.11. The molecule has 5 heteroatoms. The molecule has 4 nitrogen and oxygen atoms in total. The fourth-order valence-electron chi connectivity index (χ4n) is 1.12. The lowest BCUT2D eigenvalue weighted by Gasteiger charge is -2.11. The van der Waals surface area contributed by atoms with Crippen LogP contribution in [-0.4, -0.2) is 25.2 Å². The Hall–Kier alpha value is -0.670. The minimum Gasteiger partial charge on any atom is -0.382 e. The number of methoxy groups -OCH3 is 1. The zero-order valence-corrected chi connectivity index (χ0v) is 9.52. The van der Waals surface area contributed by atoms with Crippen LogP contribution >= 0.6 is 7.60 Å². The largest absolute Gasteiger partial charge is 0.382 e. The van der Waals surface area contributed by atoms with Crippen molar-refractivity contribution in [2.24, 2.45) is 0 Å². The van der Waals surface area contributed by atoms with E-state index in [9.17, 15) is 9.46 Å². The molecule has 1 aromatic rings. The molecule has 0 saturated carbocycles. The SMILES string of the molecule is COCCOP(=O)(O)Cc1ccccc1. The van der Waals surface area contributed by atoms with E-state index in [0.717, 1.165) is 5.56 Å². The summed E-state index contributed by atoms with van der Waals surface area (Å²) in [6.45, 7) is 0.455. The van der Waals surface area contributed by atoms with Crippen molar-refractivity contribution < 1.29 is 18.7 Å². The maximum Gasteiger partial charge on any atom is 0.332 e. The summed E-state index contributed by atoms with van der Waals surface area (Å²) in [6, 6.07) is 9.09. The van der Waals surface area contributed by atoms with Crippen LogP contribution in [0.4, 0.5) is 0 Å². The van der Waals surface area contributed by atoms with Crippen LogP contribution in [0.2, 0.25) is 0 Å². The molecule has 84 valence electrons. The maximum atomic E-state index is 11.5. The number of hydrogen-bond acceptors (Lipinski definition) is 3. The third kappa shape index (κ3) is 5.09. The lowest BCUT2D eigenvalue weighted by atomic mass is 10.2. The van der Waals surface area contributed by atoms with Crippen LogP contribution in [0, 0.1) is 0 Å². The molecule has 0 heterocycles. The first-order valence-electron chi connectivity index (χ1n) is 4.63. The highest BCUT2D eigenvalue weighted by Crippen LogP contribution is 2.45. The highest BCUT2D eigenvalue weighted by molar-refractivity contribution is 7.51. The van der Waals surface area contributed by atoms with Crippen molar-refractivity contribution in [1.29, 1.82) is 0 Å². The number of benzene rings is 1. The van der Waals surface area contributed by atoms with E-state index in [1.807, 2.05) is 18.2 Å². The van der Waals surface area contributed by atoms with Gasteiger partial charge in [0.1, 0.15) is 0 Å². The lowest BCUT2D eigenvalue weighted by molar-refractivity contribution is 0.137. The molecule has 0 amide bonds. The molecule has 0 bridgehead atoms. The van der Waals surface area contributed by atoms with Crippen LogP contribution in [0.25, 0.3) is 0 Å². The third-order valence-electron chi connectivity index (χ3n) is 1.81. The Bertz CT molecular complexity index is 325. The molecule has 0 radical (unpaired) electrons. The van der Waals surface area contributed by atoms with Crippen molar-refractivity contribution >= 4 is 7.60 Å². The summed E-state index contributed by atoms with van der Waals surface area (Å²) in [5.41, 5.74) is 0.792. The Kier molecular flexibility index (Phi) is 4.99. The molecule has 1 rings (SSSR count). The summed E-state index contributed by atoms with van der Waals surface area (Å²) in [5, 5.41) is 0.